The highest BCUT2D eigenvalue weighted by molar-refractivity contribution is 7.16. The summed E-state index contributed by atoms with van der Waals surface area (Å²) in [6.45, 7) is 4.25. The Kier molecular flexibility index (Phi) is 4.99. The highest BCUT2D eigenvalue weighted by atomic mass is 32.1. The molecule has 1 aromatic heterocycles. The van der Waals surface area contributed by atoms with Crippen molar-refractivity contribution < 1.29 is 9.72 Å². The van der Waals surface area contributed by atoms with Crippen LogP contribution in [0, 0.1) is 10.1 Å². The first-order valence-corrected chi connectivity index (χ1v) is 9.07. The van der Waals surface area contributed by atoms with Crippen LogP contribution in [0.5, 0.6) is 0 Å². The van der Waals surface area contributed by atoms with Gasteiger partial charge in [-0.25, -0.2) is 0 Å². The first kappa shape index (κ1) is 18.0. The Bertz CT molecular complexity index is 1050. The second kappa shape index (κ2) is 7.21. The molecule has 0 spiro atoms. The number of rotatable bonds is 4. The Balaban J connectivity index is 1.88. The van der Waals surface area contributed by atoms with Crippen molar-refractivity contribution in [2.75, 3.05) is 0 Å². The van der Waals surface area contributed by atoms with Gasteiger partial charge in [-0.15, -0.1) is 0 Å². The number of nitrogens with zero attached hydrogens (tertiary/aromatic N) is 3. The van der Waals surface area contributed by atoms with Crippen molar-refractivity contribution in [1.29, 1.82) is 0 Å². The van der Waals surface area contributed by atoms with E-state index >= 15 is 0 Å². The minimum atomic E-state index is -0.431. The lowest BCUT2D eigenvalue weighted by Gasteiger charge is -2.05. The summed E-state index contributed by atoms with van der Waals surface area (Å²) < 4.78 is 2.57. The Labute approximate surface area is 154 Å². The molecule has 0 bridgehead atoms. The number of non-ortho nitro benzene ring substituents is 1. The Hall–Kier alpha value is -2.80. The first-order chi connectivity index (χ1) is 12.3. The molecular weight excluding hydrogens is 350 g/mol. The monoisotopic (exact) mass is 369 g/mol. The summed E-state index contributed by atoms with van der Waals surface area (Å²) in [7, 11) is 1.76. The van der Waals surface area contributed by atoms with Crippen LogP contribution in [-0.2, 0) is 18.3 Å². The smallest absolute Gasteiger partial charge is 0.271 e. The Morgan fingerprint density at radius 2 is 1.92 bits per heavy atom. The van der Waals surface area contributed by atoms with Crippen LogP contribution >= 0.6 is 11.3 Å². The predicted molar refractivity (Wildman–Crippen MR) is 102 cm³/mol. The van der Waals surface area contributed by atoms with Gasteiger partial charge in [-0.3, -0.25) is 14.9 Å². The van der Waals surface area contributed by atoms with E-state index < -0.39 is 4.92 Å². The van der Waals surface area contributed by atoms with Gasteiger partial charge in [-0.05, 0) is 23.1 Å². The fourth-order valence-corrected chi connectivity index (χ4v) is 3.69. The number of nitro benzene ring substituents is 1. The second-order valence-electron chi connectivity index (χ2n) is 6.43. The van der Waals surface area contributed by atoms with E-state index in [1.54, 1.807) is 17.7 Å². The maximum atomic E-state index is 12.3. The zero-order chi connectivity index (χ0) is 18.8. The Morgan fingerprint density at radius 3 is 2.54 bits per heavy atom. The maximum absolute atomic E-state index is 12.3. The van der Waals surface area contributed by atoms with Crippen molar-refractivity contribution in [3.63, 3.8) is 0 Å². The minimum absolute atomic E-state index is 0.0222. The van der Waals surface area contributed by atoms with E-state index in [1.807, 2.05) is 24.3 Å². The van der Waals surface area contributed by atoms with E-state index in [2.05, 4.69) is 18.8 Å². The highest BCUT2D eigenvalue weighted by Crippen LogP contribution is 2.22. The standard InChI is InChI=1S/C19H19N3O3S/c1-12(2)14-6-4-13(5-7-14)10-18(23)20-19-21(3)16-11-15(22(24)25)8-9-17(16)26-19/h4-9,11-12H,10H2,1-3H3. The summed E-state index contributed by atoms with van der Waals surface area (Å²) in [5.74, 6) is 0.213. The maximum Gasteiger partial charge on any atom is 0.271 e. The molecule has 0 radical (unpaired) electrons. The van der Waals surface area contributed by atoms with E-state index in [9.17, 15) is 14.9 Å². The van der Waals surface area contributed by atoms with Gasteiger partial charge >= 0.3 is 0 Å². The summed E-state index contributed by atoms with van der Waals surface area (Å²) in [5.41, 5.74) is 2.87. The summed E-state index contributed by atoms with van der Waals surface area (Å²) in [6, 6.07) is 12.6. The number of amides is 1. The number of fused-ring (bicyclic) bond motifs is 1. The van der Waals surface area contributed by atoms with E-state index in [4.69, 9.17) is 0 Å². The minimum Gasteiger partial charge on any atom is -0.319 e. The van der Waals surface area contributed by atoms with E-state index in [-0.39, 0.29) is 18.0 Å². The van der Waals surface area contributed by atoms with Gasteiger partial charge in [-0.2, -0.15) is 4.99 Å². The molecule has 1 amide bonds. The van der Waals surface area contributed by atoms with Gasteiger partial charge < -0.3 is 4.57 Å². The van der Waals surface area contributed by atoms with Crippen molar-refractivity contribution in [3.8, 4) is 0 Å². The van der Waals surface area contributed by atoms with Gasteiger partial charge in [0, 0.05) is 19.2 Å². The zero-order valence-corrected chi connectivity index (χ0v) is 15.6. The molecule has 7 heteroatoms. The van der Waals surface area contributed by atoms with Crippen LogP contribution in [0.25, 0.3) is 10.2 Å². The number of nitro groups is 1. The van der Waals surface area contributed by atoms with E-state index in [0.717, 1.165) is 10.3 Å². The van der Waals surface area contributed by atoms with Crippen LogP contribution in [-0.4, -0.2) is 15.4 Å². The molecule has 3 aromatic rings. The van der Waals surface area contributed by atoms with Gasteiger partial charge in [-0.1, -0.05) is 49.4 Å². The van der Waals surface area contributed by atoms with Crippen molar-refractivity contribution in [1.82, 2.24) is 4.57 Å². The normalized spacial score (nSPS) is 12.1. The molecule has 0 saturated heterocycles. The lowest BCUT2D eigenvalue weighted by molar-refractivity contribution is -0.384. The molecule has 0 fully saturated rings. The largest absolute Gasteiger partial charge is 0.319 e. The quantitative estimate of drug-likeness (QED) is 0.516. The second-order valence-corrected chi connectivity index (χ2v) is 7.44. The zero-order valence-electron chi connectivity index (χ0n) is 14.8. The molecule has 134 valence electrons. The highest BCUT2D eigenvalue weighted by Gasteiger charge is 2.11. The van der Waals surface area contributed by atoms with Crippen molar-refractivity contribution in [2.45, 2.75) is 26.2 Å². The molecule has 0 saturated carbocycles. The molecule has 0 N–H and O–H groups in total. The number of thiazole rings is 1. The van der Waals surface area contributed by atoms with E-state index in [1.165, 1.54) is 29.0 Å². The average molecular weight is 369 g/mol. The van der Waals surface area contributed by atoms with Gasteiger partial charge in [0.25, 0.3) is 11.6 Å². The molecule has 0 aliphatic rings. The SMILES string of the molecule is CC(C)c1ccc(CC(=O)N=c2sc3ccc([N+](=O)[O-])cc3n2C)cc1. The molecule has 2 aromatic carbocycles. The van der Waals surface area contributed by atoms with Crippen LogP contribution < -0.4 is 4.80 Å². The van der Waals surface area contributed by atoms with Crippen LogP contribution in [0.1, 0.15) is 30.9 Å². The molecule has 6 nitrogen and oxygen atoms in total. The number of aryl methyl sites for hydroxylation is 1. The predicted octanol–water partition coefficient (Wildman–Crippen LogP) is 3.94. The molecule has 3 rings (SSSR count). The molecule has 0 aliphatic carbocycles. The molecule has 0 aliphatic heterocycles. The van der Waals surface area contributed by atoms with Gasteiger partial charge in [0.2, 0.25) is 0 Å². The summed E-state index contributed by atoms with van der Waals surface area (Å²) in [6.07, 6.45) is 0.229. The van der Waals surface area contributed by atoms with Gasteiger partial charge in [0.1, 0.15) is 0 Å². The topological polar surface area (TPSA) is 77.5 Å². The van der Waals surface area contributed by atoms with Crippen LogP contribution in [0.15, 0.2) is 47.5 Å². The number of aromatic nitrogens is 1. The third kappa shape index (κ3) is 3.72. The molecule has 0 unspecified atom stereocenters. The average Bonchev–Trinajstić information content (AvgIpc) is 2.90. The summed E-state index contributed by atoms with van der Waals surface area (Å²) in [5, 5.41) is 10.9. The lowest BCUT2D eigenvalue weighted by Crippen LogP contribution is -2.14. The summed E-state index contributed by atoms with van der Waals surface area (Å²) >= 11 is 1.34. The van der Waals surface area contributed by atoms with Crippen LogP contribution in [0.2, 0.25) is 0 Å². The third-order valence-electron chi connectivity index (χ3n) is 4.22. The molecule has 1 heterocycles. The number of carbonyl (C=O) groups excluding carboxylic acids is 1. The fourth-order valence-electron chi connectivity index (χ4n) is 2.68. The van der Waals surface area contributed by atoms with Gasteiger partial charge in [0.05, 0.1) is 21.6 Å². The number of carbonyl (C=O) groups is 1. The number of benzene rings is 2. The van der Waals surface area contributed by atoms with Crippen LogP contribution in [0.3, 0.4) is 0 Å². The van der Waals surface area contributed by atoms with Crippen molar-refractivity contribution >= 4 is 33.1 Å². The van der Waals surface area contributed by atoms with Gasteiger partial charge in [0.15, 0.2) is 4.80 Å². The molecular formula is C19H19N3O3S. The van der Waals surface area contributed by atoms with Crippen molar-refractivity contribution in [3.05, 3.63) is 68.5 Å². The van der Waals surface area contributed by atoms with E-state index in [0.29, 0.717) is 16.2 Å². The molecule has 26 heavy (non-hydrogen) atoms. The third-order valence-corrected chi connectivity index (χ3v) is 5.34. The summed E-state index contributed by atoms with van der Waals surface area (Å²) in [4.78, 5) is 27.6. The number of hydrogen-bond donors (Lipinski definition) is 0. The first-order valence-electron chi connectivity index (χ1n) is 8.25. The Morgan fingerprint density at radius 1 is 1.23 bits per heavy atom. The number of hydrogen-bond acceptors (Lipinski definition) is 4. The molecule has 0 atom stereocenters. The fraction of sp³-hybridized carbons (Fsp3) is 0.263. The van der Waals surface area contributed by atoms with Crippen molar-refractivity contribution in [2.24, 2.45) is 12.0 Å². The lowest BCUT2D eigenvalue weighted by atomic mass is 10.0. The van der Waals surface area contributed by atoms with Crippen LogP contribution in [0.4, 0.5) is 5.69 Å².